The predicted molar refractivity (Wildman–Crippen MR) is 197 cm³/mol. The summed E-state index contributed by atoms with van der Waals surface area (Å²) in [6.45, 7) is 7.13. The average molecular weight is 755 g/mol. The zero-order valence-electron chi connectivity index (χ0n) is 28.6. The molecule has 1 aromatic heterocycles. The number of benzene rings is 3. The van der Waals surface area contributed by atoms with Crippen molar-refractivity contribution in [2.45, 2.75) is 71.9 Å². The van der Waals surface area contributed by atoms with Crippen LogP contribution in [0.4, 0.5) is 5.69 Å². The lowest BCUT2D eigenvalue weighted by Gasteiger charge is -2.30. The molecule has 2 N–H and O–H groups in total. The van der Waals surface area contributed by atoms with E-state index >= 15 is 0 Å². The second-order valence-corrected chi connectivity index (χ2v) is 13.4. The number of fused-ring (bicyclic) bond motifs is 1. The van der Waals surface area contributed by atoms with Gasteiger partial charge in [0.05, 0.1) is 23.9 Å². The van der Waals surface area contributed by atoms with Crippen molar-refractivity contribution in [3.05, 3.63) is 92.5 Å². The third-order valence-electron chi connectivity index (χ3n) is 8.68. The Kier molecular flexibility index (Phi) is 14.1. The maximum atomic E-state index is 12.7. The van der Waals surface area contributed by atoms with Crippen molar-refractivity contribution in [3.8, 4) is 5.75 Å². The first-order valence-electron chi connectivity index (χ1n) is 16.6. The van der Waals surface area contributed by atoms with Crippen molar-refractivity contribution in [2.24, 2.45) is 0 Å². The Labute approximate surface area is 301 Å². The molecule has 262 valence electrons. The van der Waals surface area contributed by atoms with Crippen molar-refractivity contribution < 1.29 is 28.6 Å². The van der Waals surface area contributed by atoms with Crippen LogP contribution in [0.1, 0.15) is 84.3 Å². The highest BCUT2D eigenvalue weighted by Gasteiger charge is 2.22. The molecule has 0 spiro atoms. The highest BCUT2D eigenvalue weighted by Crippen LogP contribution is 2.30. The molecule has 1 aliphatic carbocycles. The number of ether oxygens (including phenoxy) is 3. The normalized spacial score (nSPS) is 13.4. The van der Waals surface area contributed by atoms with Gasteiger partial charge in [0.2, 0.25) is 0 Å². The van der Waals surface area contributed by atoms with Gasteiger partial charge in [0, 0.05) is 45.6 Å². The van der Waals surface area contributed by atoms with Crippen LogP contribution in [-0.4, -0.2) is 60.2 Å². The molecule has 1 saturated carbocycles. The molecule has 1 aliphatic rings. The molecule has 4 aromatic rings. The van der Waals surface area contributed by atoms with Gasteiger partial charge in [-0.25, -0.2) is 4.79 Å². The molecule has 0 radical (unpaired) electrons. The van der Waals surface area contributed by atoms with Crippen LogP contribution in [0.5, 0.6) is 5.75 Å². The minimum Gasteiger partial charge on any atom is -0.497 e. The molecule has 9 nitrogen and oxygen atoms in total. The number of aryl methyl sites for hydroxylation is 1. The van der Waals surface area contributed by atoms with Gasteiger partial charge in [-0.1, -0.05) is 44.2 Å². The zero-order valence-corrected chi connectivity index (χ0v) is 30.9. The second-order valence-electron chi connectivity index (χ2n) is 12.1. The van der Waals surface area contributed by atoms with Crippen molar-refractivity contribution in [1.29, 1.82) is 0 Å². The number of rotatable bonds is 10. The lowest BCUT2D eigenvalue weighted by molar-refractivity contribution is -0.142. The van der Waals surface area contributed by atoms with E-state index in [1.165, 1.54) is 45.4 Å². The average Bonchev–Trinajstić information content (AvgIpc) is 3.22. The topological polar surface area (TPSA) is 113 Å². The van der Waals surface area contributed by atoms with Gasteiger partial charge in [-0.3, -0.25) is 19.1 Å². The number of hydrogen-bond acceptors (Lipinski definition) is 8. The summed E-state index contributed by atoms with van der Waals surface area (Å²) in [7, 11) is 1.63. The Morgan fingerprint density at radius 1 is 0.939 bits per heavy atom. The molecule has 0 bridgehead atoms. The van der Waals surface area contributed by atoms with Gasteiger partial charge in [0.25, 0.3) is 5.91 Å². The standard InChI is InChI=1S/C21H31BrN2O4.C17H14ClNO2/c1-3-24(18-8-6-4-5-7-9-18)14-17-12-16(13-19(22)20(17)23)21(26)28-11-10-27-15(2)25;1-11-9-13-10-15(21-2)7-8-16(13)19(11)17(20)12-3-5-14(18)6-4-12/h12-13,18H,3-11,14,23H2,1-2H3;3-10H,1-2H3. The smallest absolute Gasteiger partial charge is 0.338 e. The van der Waals surface area contributed by atoms with Crippen molar-refractivity contribution >= 4 is 62.0 Å². The fourth-order valence-corrected chi connectivity index (χ4v) is 6.74. The fraction of sp³-hybridized carbons (Fsp3) is 0.395. The van der Waals surface area contributed by atoms with Crippen molar-refractivity contribution in [3.63, 3.8) is 0 Å². The number of anilines is 1. The maximum Gasteiger partial charge on any atom is 0.338 e. The van der Waals surface area contributed by atoms with E-state index in [0.717, 1.165) is 34.5 Å². The van der Waals surface area contributed by atoms with E-state index in [1.54, 1.807) is 42.0 Å². The number of carbonyl (C=O) groups is 3. The first-order valence-corrected chi connectivity index (χ1v) is 17.8. The van der Waals surface area contributed by atoms with E-state index in [0.29, 0.717) is 38.9 Å². The van der Waals surface area contributed by atoms with E-state index in [2.05, 4.69) is 27.8 Å². The molecular formula is C38H45BrClN3O6. The maximum absolute atomic E-state index is 12.7. The second kappa shape index (κ2) is 18.2. The number of nitrogens with zero attached hydrogens (tertiary/aromatic N) is 2. The number of esters is 2. The monoisotopic (exact) mass is 753 g/mol. The number of methoxy groups -OCH3 is 1. The molecule has 0 atom stereocenters. The Bertz CT molecular complexity index is 1750. The largest absolute Gasteiger partial charge is 0.497 e. The summed E-state index contributed by atoms with van der Waals surface area (Å²) in [5, 5.41) is 1.60. The number of halogens is 2. The quantitative estimate of drug-likeness (QED) is 0.0742. The Morgan fingerprint density at radius 3 is 2.24 bits per heavy atom. The summed E-state index contributed by atoms with van der Waals surface area (Å²) in [6, 6.07) is 18.6. The minimum absolute atomic E-state index is 0.0267. The van der Waals surface area contributed by atoms with Crippen molar-refractivity contribution in [2.75, 3.05) is 32.6 Å². The predicted octanol–water partition coefficient (Wildman–Crippen LogP) is 8.60. The van der Waals surface area contributed by atoms with Crippen molar-refractivity contribution in [1.82, 2.24) is 9.47 Å². The number of nitrogens with two attached hydrogens (primary N) is 1. The van der Waals surface area contributed by atoms with Crippen LogP contribution in [-0.2, 0) is 20.8 Å². The SMILES string of the molecule is CCN(Cc1cc(C(=O)OCCOC(C)=O)cc(Br)c1N)C1CCCCCC1.COc1ccc2c(c1)cc(C)n2C(=O)c1ccc(Cl)cc1. The minimum atomic E-state index is -0.452. The molecule has 0 unspecified atom stereocenters. The van der Waals surface area contributed by atoms with Crippen LogP contribution in [0.25, 0.3) is 10.9 Å². The van der Waals surface area contributed by atoms with Crippen LogP contribution in [0.2, 0.25) is 5.02 Å². The number of carbonyl (C=O) groups excluding carboxylic acids is 3. The summed E-state index contributed by atoms with van der Waals surface area (Å²) in [5.74, 6) is -0.138. The van der Waals surface area contributed by atoms with E-state index < -0.39 is 11.9 Å². The van der Waals surface area contributed by atoms with E-state index in [4.69, 9.17) is 31.5 Å². The third-order valence-corrected chi connectivity index (χ3v) is 9.59. The summed E-state index contributed by atoms with van der Waals surface area (Å²) >= 11 is 9.33. The summed E-state index contributed by atoms with van der Waals surface area (Å²) in [5.41, 5.74) is 10.7. The van der Waals surface area contributed by atoms with Gasteiger partial charge >= 0.3 is 11.9 Å². The van der Waals surface area contributed by atoms with Crippen LogP contribution < -0.4 is 10.5 Å². The van der Waals surface area contributed by atoms with Gasteiger partial charge in [0.1, 0.15) is 19.0 Å². The van der Waals surface area contributed by atoms with Gasteiger partial charge < -0.3 is 19.9 Å². The number of hydrogen-bond donors (Lipinski definition) is 1. The Morgan fingerprint density at radius 2 is 1.61 bits per heavy atom. The van der Waals surface area contributed by atoms with Crippen LogP contribution in [0, 0.1) is 6.92 Å². The number of aromatic nitrogens is 1. The van der Waals surface area contributed by atoms with Crippen LogP contribution >= 0.6 is 27.5 Å². The Balaban J connectivity index is 0.000000229. The molecule has 5 rings (SSSR count). The molecule has 1 fully saturated rings. The third kappa shape index (κ3) is 10.3. The zero-order chi connectivity index (χ0) is 35.5. The first-order chi connectivity index (χ1) is 23.5. The fourth-order valence-electron chi connectivity index (χ4n) is 6.12. The molecule has 0 saturated heterocycles. The van der Waals surface area contributed by atoms with Crippen LogP contribution in [0.15, 0.2) is 65.1 Å². The molecule has 0 amide bonds. The summed E-state index contributed by atoms with van der Waals surface area (Å²) in [6.07, 6.45) is 7.61. The molecule has 49 heavy (non-hydrogen) atoms. The summed E-state index contributed by atoms with van der Waals surface area (Å²) < 4.78 is 17.6. The first kappa shape index (κ1) is 38.0. The van der Waals surface area contributed by atoms with E-state index in [1.807, 2.05) is 37.3 Å². The lowest BCUT2D eigenvalue weighted by atomic mass is 10.0. The van der Waals surface area contributed by atoms with Gasteiger partial charge in [-0.15, -0.1) is 0 Å². The van der Waals surface area contributed by atoms with E-state index in [-0.39, 0.29) is 19.1 Å². The Hall–Kier alpha value is -3.86. The lowest BCUT2D eigenvalue weighted by Crippen LogP contribution is -2.34. The highest BCUT2D eigenvalue weighted by atomic mass is 79.9. The van der Waals surface area contributed by atoms with Crippen LogP contribution in [0.3, 0.4) is 0 Å². The summed E-state index contributed by atoms with van der Waals surface area (Å²) in [4.78, 5) is 38.3. The van der Waals surface area contributed by atoms with Gasteiger partial charge in [0.15, 0.2) is 0 Å². The molecule has 3 aromatic carbocycles. The molecule has 11 heteroatoms. The van der Waals surface area contributed by atoms with Gasteiger partial charge in [-0.05, 0) is 108 Å². The molecular weight excluding hydrogens is 710 g/mol. The molecule has 0 aliphatic heterocycles. The van der Waals surface area contributed by atoms with Gasteiger partial charge in [-0.2, -0.15) is 0 Å². The molecule has 1 heterocycles. The number of nitrogen functional groups attached to an aromatic ring is 1. The highest BCUT2D eigenvalue weighted by molar-refractivity contribution is 9.10. The van der Waals surface area contributed by atoms with E-state index in [9.17, 15) is 14.4 Å².